The second kappa shape index (κ2) is 12.0. The number of hydrogen-bond acceptors (Lipinski definition) is 13. The van der Waals surface area contributed by atoms with E-state index < -0.39 is 45.3 Å². The smallest absolute Gasteiger partial charge is 0.435 e. The lowest BCUT2D eigenvalue weighted by Gasteiger charge is -2.17. The van der Waals surface area contributed by atoms with Crippen LogP contribution >= 0.6 is 19.2 Å². The fourth-order valence-corrected chi connectivity index (χ4v) is 4.51. The number of anilines is 1. The van der Waals surface area contributed by atoms with Crippen LogP contribution in [0.5, 0.6) is 0 Å². The second-order valence-corrected chi connectivity index (χ2v) is 10.1. The molecule has 0 amide bonds. The fourth-order valence-electron chi connectivity index (χ4n) is 3.72. The van der Waals surface area contributed by atoms with Crippen molar-refractivity contribution >= 4 is 42.3 Å². The molecule has 2 saturated heterocycles. The highest BCUT2D eigenvalue weighted by atomic mass is 35.5. The van der Waals surface area contributed by atoms with Crippen molar-refractivity contribution in [1.82, 2.24) is 19.5 Å². The molecule has 17 heteroatoms. The Balaban J connectivity index is 1.32. The number of aromatic nitrogens is 4. The normalized spacial score (nSPS) is 25.7. The molecule has 0 aliphatic carbocycles. The van der Waals surface area contributed by atoms with Crippen LogP contribution in [0, 0.1) is 0 Å². The van der Waals surface area contributed by atoms with Crippen molar-refractivity contribution in [2.75, 3.05) is 44.9 Å². The first-order chi connectivity index (χ1) is 17.3. The van der Waals surface area contributed by atoms with Gasteiger partial charge in [-0.25, -0.2) is 9.78 Å². The molecule has 15 nitrogen and oxygen atoms in total. The van der Waals surface area contributed by atoms with Crippen LogP contribution in [0.15, 0.2) is 6.33 Å². The van der Waals surface area contributed by atoms with Crippen LogP contribution in [0.1, 0.15) is 26.0 Å². The number of ether oxygens (including phenoxy) is 5. The largest absolute Gasteiger partial charge is 0.510 e. The number of fused-ring (bicyclic) bond motifs is 1. The number of nitrogens with one attached hydrogen (secondary N) is 1. The molecular weight excluding hydrogens is 525 g/mol. The quantitative estimate of drug-likeness (QED) is 0.158. The zero-order chi connectivity index (χ0) is 25.7. The predicted octanol–water partition coefficient (Wildman–Crippen LogP) is 1.64. The lowest BCUT2D eigenvalue weighted by Crippen LogP contribution is -2.26. The molecule has 0 radical (unpaired) electrons. The number of carbonyl (C=O) groups is 1. The number of nitrogens with zero attached hydrogens (tertiary/aromatic N) is 4. The molecule has 3 N–H and O–H groups in total. The first kappa shape index (κ1) is 26.9. The van der Waals surface area contributed by atoms with Gasteiger partial charge in [0.1, 0.15) is 18.7 Å². The van der Waals surface area contributed by atoms with Gasteiger partial charge in [-0.05, 0) is 24.9 Å². The van der Waals surface area contributed by atoms with E-state index in [-0.39, 0.29) is 31.0 Å². The van der Waals surface area contributed by atoms with Crippen LogP contribution in [0.3, 0.4) is 0 Å². The van der Waals surface area contributed by atoms with E-state index in [0.29, 0.717) is 30.2 Å². The Morgan fingerprint density at radius 2 is 2.22 bits per heavy atom. The number of aliphatic hydroxyl groups is 1. The maximum absolute atomic E-state index is 12.0. The number of carbonyl (C=O) groups excluding carboxylic acids is 1. The summed E-state index contributed by atoms with van der Waals surface area (Å²) in [6.45, 7) is 1.91. The molecule has 2 aliphatic heterocycles. The summed E-state index contributed by atoms with van der Waals surface area (Å²) in [7, 11) is -4.22. The number of halogens is 1. The summed E-state index contributed by atoms with van der Waals surface area (Å²) in [5.74, 6) is 0.475. The SMILES string of the molecule is CCOC(=O)OCOP(=O)(O)COC[C@H]1O[C@@H](n2cnc3c(N[C@H]4CCOC4)nc(Cl)nc32)C[C@@H]1O. The maximum atomic E-state index is 12.0. The van der Waals surface area contributed by atoms with Gasteiger partial charge in [-0.1, -0.05) is 0 Å². The predicted molar refractivity (Wildman–Crippen MR) is 122 cm³/mol. The highest BCUT2D eigenvalue weighted by molar-refractivity contribution is 7.52. The fraction of sp³-hybridized carbons (Fsp3) is 0.684. The van der Waals surface area contributed by atoms with Crippen molar-refractivity contribution in [3.63, 3.8) is 0 Å². The van der Waals surface area contributed by atoms with Crippen LogP contribution < -0.4 is 5.32 Å². The lowest BCUT2D eigenvalue weighted by molar-refractivity contribution is -0.0579. The Labute approximate surface area is 210 Å². The highest BCUT2D eigenvalue weighted by Gasteiger charge is 2.37. The van der Waals surface area contributed by atoms with Gasteiger partial charge in [0.2, 0.25) is 12.1 Å². The molecule has 0 saturated carbocycles. The maximum Gasteiger partial charge on any atom is 0.510 e. The first-order valence-electron chi connectivity index (χ1n) is 11.2. The van der Waals surface area contributed by atoms with Crippen molar-refractivity contribution in [3.05, 3.63) is 11.6 Å². The Hall–Kier alpha value is -2.10. The average molecular weight is 552 g/mol. The molecule has 4 rings (SSSR count). The van der Waals surface area contributed by atoms with E-state index in [1.54, 1.807) is 11.5 Å². The summed E-state index contributed by atoms with van der Waals surface area (Å²) in [5.41, 5.74) is 0.914. The van der Waals surface area contributed by atoms with Crippen molar-refractivity contribution in [2.45, 2.75) is 44.2 Å². The molecule has 1 unspecified atom stereocenters. The van der Waals surface area contributed by atoms with Crippen LogP contribution in [0.4, 0.5) is 10.6 Å². The molecule has 2 aromatic heterocycles. The standard InChI is InChI=1S/C19H27ClN5O10P/c1-2-32-19(27)33-9-34-36(28,29)10-31-7-13-12(26)5-14(35-13)25-8-21-15-16(22-11-3-4-30-6-11)23-18(20)24-17(15)25/h8,11-14,26H,2-7,9-10H2,1H3,(H,28,29)(H,22,23,24)/t11-,12-,13+,14+/m0/s1. The van der Waals surface area contributed by atoms with Crippen LogP contribution in [0.2, 0.25) is 5.28 Å². The van der Waals surface area contributed by atoms with Gasteiger partial charge >= 0.3 is 13.8 Å². The van der Waals surface area contributed by atoms with Gasteiger partial charge in [0.25, 0.3) is 0 Å². The number of aliphatic hydroxyl groups excluding tert-OH is 1. The number of imidazole rings is 1. The topological polar surface area (TPSA) is 186 Å². The molecule has 0 aromatic carbocycles. The van der Waals surface area contributed by atoms with Gasteiger partial charge < -0.3 is 39.0 Å². The van der Waals surface area contributed by atoms with Gasteiger partial charge in [0, 0.05) is 13.0 Å². The summed E-state index contributed by atoms with van der Waals surface area (Å²) in [5, 5.41) is 13.7. The summed E-state index contributed by atoms with van der Waals surface area (Å²) in [6, 6.07) is 0.0820. The summed E-state index contributed by atoms with van der Waals surface area (Å²) in [6.07, 6.45) is -1.55. The number of hydrogen-bond donors (Lipinski definition) is 3. The zero-order valence-corrected chi connectivity index (χ0v) is 21.0. The van der Waals surface area contributed by atoms with Crippen molar-refractivity contribution in [3.8, 4) is 0 Å². The Bertz CT molecular complexity index is 1100. The average Bonchev–Trinajstić information content (AvgIpc) is 3.54. The number of rotatable bonds is 11. The van der Waals surface area contributed by atoms with Crippen LogP contribution in [-0.2, 0) is 32.8 Å². The molecule has 5 atom stereocenters. The third-order valence-electron chi connectivity index (χ3n) is 5.41. The molecule has 0 spiro atoms. The minimum atomic E-state index is -4.22. The first-order valence-corrected chi connectivity index (χ1v) is 13.3. The Morgan fingerprint density at radius 3 is 2.97 bits per heavy atom. The van der Waals surface area contributed by atoms with Crippen LogP contribution in [0.25, 0.3) is 11.2 Å². The molecule has 36 heavy (non-hydrogen) atoms. The van der Waals surface area contributed by atoms with Crippen molar-refractivity contribution in [1.29, 1.82) is 0 Å². The van der Waals surface area contributed by atoms with E-state index in [1.165, 1.54) is 6.33 Å². The summed E-state index contributed by atoms with van der Waals surface area (Å²) < 4.78 is 43.8. The molecule has 4 heterocycles. The van der Waals surface area contributed by atoms with E-state index in [9.17, 15) is 19.4 Å². The van der Waals surface area contributed by atoms with E-state index in [0.717, 1.165) is 6.42 Å². The summed E-state index contributed by atoms with van der Waals surface area (Å²) in [4.78, 5) is 33.8. The Morgan fingerprint density at radius 1 is 1.39 bits per heavy atom. The molecule has 200 valence electrons. The molecule has 2 fully saturated rings. The highest BCUT2D eigenvalue weighted by Crippen LogP contribution is 2.42. The van der Waals surface area contributed by atoms with Gasteiger partial charge in [0.05, 0.1) is 38.3 Å². The van der Waals surface area contributed by atoms with Gasteiger partial charge in [-0.3, -0.25) is 13.7 Å². The van der Waals surface area contributed by atoms with Gasteiger partial charge in [0.15, 0.2) is 17.0 Å². The lowest BCUT2D eigenvalue weighted by atomic mass is 10.2. The summed E-state index contributed by atoms with van der Waals surface area (Å²) >= 11 is 6.14. The van der Waals surface area contributed by atoms with Crippen molar-refractivity contribution in [2.24, 2.45) is 0 Å². The zero-order valence-electron chi connectivity index (χ0n) is 19.3. The molecule has 2 aliphatic rings. The van der Waals surface area contributed by atoms with Gasteiger partial charge in [-0.15, -0.1) is 0 Å². The van der Waals surface area contributed by atoms with E-state index in [4.69, 9.17) is 25.8 Å². The van der Waals surface area contributed by atoms with Crippen molar-refractivity contribution < 1.29 is 47.6 Å². The van der Waals surface area contributed by atoms with E-state index >= 15 is 0 Å². The van der Waals surface area contributed by atoms with E-state index in [2.05, 4.69) is 34.3 Å². The third kappa shape index (κ3) is 6.81. The van der Waals surface area contributed by atoms with Crippen LogP contribution in [-0.4, -0.2) is 93.5 Å². The van der Waals surface area contributed by atoms with Gasteiger partial charge in [-0.2, -0.15) is 9.97 Å². The Kier molecular flexibility index (Phi) is 8.96. The molecular formula is C19H27ClN5O10P. The second-order valence-electron chi connectivity index (χ2n) is 8.01. The minimum absolute atomic E-state index is 0.0229. The molecule has 0 bridgehead atoms. The van der Waals surface area contributed by atoms with E-state index in [1.807, 2.05) is 0 Å². The minimum Gasteiger partial charge on any atom is -0.435 e. The third-order valence-corrected chi connectivity index (χ3v) is 6.60. The monoisotopic (exact) mass is 551 g/mol. The molecule has 2 aromatic rings.